The fourth-order valence-corrected chi connectivity index (χ4v) is 3.63. The Morgan fingerprint density at radius 2 is 1.83 bits per heavy atom. The molecule has 1 aliphatic rings. The fourth-order valence-electron chi connectivity index (χ4n) is 3.63. The van der Waals surface area contributed by atoms with Crippen LogP contribution in [0.25, 0.3) is 5.76 Å². The summed E-state index contributed by atoms with van der Waals surface area (Å²) in [5.74, 6) is -2.12. The van der Waals surface area contributed by atoms with E-state index in [0.717, 1.165) is 11.3 Å². The lowest BCUT2D eigenvalue weighted by Gasteiger charge is -2.25. The van der Waals surface area contributed by atoms with Crippen LogP contribution in [0.1, 0.15) is 28.4 Å². The zero-order chi connectivity index (χ0) is 21.3. The fraction of sp³-hybridized carbons (Fsp3) is 0.174. The summed E-state index contributed by atoms with van der Waals surface area (Å²) < 4.78 is 13.5. The van der Waals surface area contributed by atoms with E-state index in [4.69, 9.17) is 0 Å². The summed E-state index contributed by atoms with van der Waals surface area (Å²) in [6.07, 6.45) is 3.64. The van der Waals surface area contributed by atoms with Crippen molar-refractivity contribution in [2.45, 2.75) is 19.4 Å². The van der Waals surface area contributed by atoms with Crippen LogP contribution < -0.4 is 0 Å². The predicted molar refractivity (Wildman–Crippen MR) is 109 cm³/mol. The number of amides is 1. The molecule has 3 aromatic rings. The van der Waals surface area contributed by atoms with E-state index in [1.807, 2.05) is 19.1 Å². The van der Waals surface area contributed by atoms with Gasteiger partial charge in [-0.15, -0.1) is 0 Å². The summed E-state index contributed by atoms with van der Waals surface area (Å²) >= 11 is 0. The lowest BCUT2D eigenvalue weighted by Crippen LogP contribution is -2.31. The topological polar surface area (TPSA) is 86.3 Å². The van der Waals surface area contributed by atoms with Gasteiger partial charge in [-0.2, -0.15) is 0 Å². The van der Waals surface area contributed by atoms with Crippen molar-refractivity contribution in [1.82, 2.24) is 14.9 Å². The molecule has 1 atom stereocenters. The highest BCUT2D eigenvalue weighted by atomic mass is 19.1. The van der Waals surface area contributed by atoms with Crippen molar-refractivity contribution in [2.24, 2.45) is 0 Å². The number of aromatic amines is 1. The highest BCUT2D eigenvalue weighted by Crippen LogP contribution is 2.39. The Kier molecular flexibility index (Phi) is 5.18. The maximum Gasteiger partial charge on any atom is 0.295 e. The summed E-state index contributed by atoms with van der Waals surface area (Å²) in [4.78, 5) is 34.1. The molecule has 152 valence electrons. The number of imidazole rings is 1. The van der Waals surface area contributed by atoms with Crippen LogP contribution in [0.4, 0.5) is 4.39 Å². The maximum absolute atomic E-state index is 13.5. The van der Waals surface area contributed by atoms with Gasteiger partial charge >= 0.3 is 0 Å². The molecule has 0 unspecified atom stereocenters. The standard InChI is InChI=1S/C23H20FN3O3/c1-14-2-4-16(5-3-14)21(28)19-20(15-6-8-17(24)9-7-15)27(23(30)22(19)29)11-10-18-12-25-13-26-18/h2-9,12-13,20,28H,10-11H2,1H3,(H,25,26)/t20-/m1/s1. The molecule has 4 rings (SSSR count). The van der Waals surface area contributed by atoms with E-state index < -0.39 is 23.5 Å². The van der Waals surface area contributed by atoms with Gasteiger partial charge in [0.15, 0.2) is 0 Å². The minimum absolute atomic E-state index is 0.0000666. The molecule has 7 heteroatoms. The van der Waals surface area contributed by atoms with Crippen LogP contribution >= 0.6 is 0 Å². The van der Waals surface area contributed by atoms with Gasteiger partial charge < -0.3 is 15.0 Å². The Labute approximate surface area is 172 Å². The average Bonchev–Trinajstić information content (AvgIpc) is 3.34. The van der Waals surface area contributed by atoms with Gasteiger partial charge in [-0.05, 0) is 24.6 Å². The lowest BCUT2D eigenvalue weighted by atomic mass is 9.95. The van der Waals surface area contributed by atoms with Crippen molar-refractivity contribution >= 4 is 17.4 Å². The van der Waals surface area contributed by atoms with E-state index in [2.05, 4.69) is 9.97 Å². The normalized spacial score (nSPS) is 18.2. The third kappa shape index (κ3) is 3.61. The number of hydrogen-bond donors (Lipinski definition) is 2. The predicted octanol–water partition coefficient (Wildman–Crippen LogP) is 3.52. The largest absolute Gasteiger partial charge is 0.507 e. The molecule has 1 aromatic heterocycles. The Morgan fingerprint density at radius 1 is 1.13 bits per heavy atom. The second kappa shape index (κ2) is 7.94. The maximum atomic E-state index is 13.5. The third-order valence-electron chi connectivity index (χ3n) is 5.23. The van der Waals surface area contributed by atoms with Crippen molar-refractivity contribution < 1.29 is 19.1 Å². The number of H-pyrrole nitrogens is 1. The number of carbonyl (C=O) groups is 2. The Morgan fingerprint density at radius 3 is 2.47 bits per heavy atom. The number of aromatic nitrogens is 2. The monoisotopic (exact) mass is 405 g/mol. The minimum Gasteiger partial charge on any atom is -0.507 e. The first kappa shape index (κ1) is 19.6. The van der Waals surface area contributed by atoms with Crippen LogP contribution in [0.2, 0.25) is 0 Å². The Hall–Kier alpha value is -3.74. The van der Waals surface area contributed by atoms with Crippen molar-refractivity contribution in [3.05, 3.63) is 94.8 Å². The molecule has 0 saturated carbocycles. The number of Topliss-reactive ketones (excluding diaryl/α,β-unsaturated/α-hetero) is 1. The van der Waals surface area contributed by atoms with Gasteiger partial charge in [-0.3, -0.25) is 9.59 Å². The molecule has 1 amide bonds. The summed E-state index contributed by atoms with van der Waals surface area (Å²) in [5, 5.41) is 10.9. The lowest BCUT2D eigenvalue weighted by molar-refractivity contribution is -0.139. The van der Waals surface area contributed by atoms with Crippen LogP contribution in [0.3, 0.4) is 0 Å². The van der Waals surface area contributed by atoms with Crippen molar-refractivity contribution in [1.29, 1.82) is 0 Å². The number of halogens is 1. The van der Waals surface area contributed by atoms with E-state index in [-0.39, 0.29) is 17.9 Å². The summed E-state index contributed by atoms with van der Waals surface area (Å²) in [5.41, 5.74) is 2.81. The molecule has 1 aliphatic heterocycles. The van der Waals surface area contributed by atoms with Crippen LogP contribution in [0.15, 0.2) is 66.6 Å². The number of nitrogens with one attached hydrogen (secondary N) is 1. The second-order valence-electron chi connectivity index (χ2n) is 7.24. The van der Waals surface area contributed by atoms with E-state index in [1.54, 1.807) is 18.3 Å². The summed E-state index contributed by atoms with van der Waals surface area (Å²) in [6, 6.07) is 11.8. The number of aliphatic hydroxyl groups excluding tert-OH is 1. The first-order chi connectivity index (χ1) is 14.5. The van der Waals surface area contributed by atoms with Gasteiger partial charge in [-0.1, -0.05) is 42.0 Å². The number of carbonyl (C=O) groups excluding carboxylic acids is 2. The summed E-state index contributed by atoms with van der Waals surface area (Å²) in [7, 11) is 0. The third-order valence-corrected chi connectivity index (χ3v) is 5.23. The van der Waals surface area contributed by atoms with Gasteiger partial charge in [0.1, 0.15) is 11.6 Å². The van der Waals surface area contributed by atoms with Crippen molar-refractivity contribution in [2.75, 3.05) is 6.54 Å². The van der Waals surface area contributed by atoms with Crippen LogP contribution in [0.5, 0.6) is 0 Å². The number of aliphatic hydroxyl groups is 1. The van der Waals surface area contributed by atoms with Crippen LogP contribution in [0, 0.1) is 12.7 Å². The van der Waals surface area contributed by atoms with E-state index in [0.29, 0.717) is 17.5 Å². The Bertz CT molecular complexity index is 1100. The highest BCUT2D eigenvalue weighted by molar-refractivity contribution is 6.46. The average molecular weight is 405 g/mol. The van der Waals surface area contributed by atoms with Crippen LogP contribution in [-0.2, 0) is 16.0 Å². The Balaban J connectivity index is 1.79. The molecule has 0 bridgehead atoms. The molecule has 0 spiro atoms. The first-order valence-corrected chi connectivity index (χ1v) is 9.54. The van der Waals surface area contributed by atoms with Crippen molar-refractivity contribution in [3.63, 3.8) is 0 Å². The molecule has 0 radical (unpaired) electrons. The van der Waals surface area contributed by atoms with Gasteiger partial charge in [-0.25, -0.2) is 9.37 Å². The second-order valence-corrected chi connectivity index (χ2v) is 7.24. The minimum atomic E-state index is -0.810. The van der Waals surface area contributed by atoms with Gasteiger partial charge in [0.05, 0.1) is 17.9 Å². The number of benzene rings is 2. The molecule has 1 fully saturated rings. The number of likely N-dealkylation sites (tertiary alicyclic amines) is 1. The molecule has 6 nitrogen and oxygen atoms in total. The highest BCUT2D eigenvalue weighted by Gasteiger charge is 2.45. The van der Waals surface area contributed by atoms with Gasteiger partial charge in [0, 0.05) is 30.4 Å². The first-order valence-electron chi connectivity index (χ1n) is 9.54. The molecule has 2 heterocycles. The van der Waals surface area contributed by atoms with Crippen molar-refractivity contribution in [3.8, 4) is 0 Å². The smallest absolute Gasteiger partial charge is 0.295 e. The SMILES string of the molecule is Cc1ccc(C(O)=C2C(=O)C(=O)N(CCc3cnc[nH]3)[C@@H]2c2ccc(F)cc2)cc1. The number of hydrogen-bond acceptors (Lipinski definition) is 4. The molecular formula is C23H20FN3O3. The zero-order valence-electron chi connectivity index (χ0n) is 16.3. The molecule has 2 aromatic carbocycles. The quantitative estimate of drug-likeness (QED) is 0.386. The van der Waals surface area contributed by atoms with E-state index >= 15 is 0 Å². The molecule has 30 heavy (non-hydrogen) atoms. The van der Waals surface area contributed by atoms with Gasteiger partial charge in [0.2, 0.25) is 0 Å². The molecule has 0 aliphatic carbocycles. The molecular weight excluding hydrogens is 385 g/mol. The zero-order valence-corrected chi connectivity index (χ0v) is 16.3. The van der Waals surface area contributed by atoms with E-state index in [9.17, 15) is 19.1 Å². The number of aryl methyl sites for hydroxylation is 1. The summed E-state index contributed by atoms with van der Waals surface area (Å²) in [6.45, 7) is 2.15. The number of nitrogens with zero attached hydrogens (tertiary/aromatic N) is 2. The van der Waals surface area contributed by atoms with Crippen LogP contribution in [-0.4, -0.2) is 38.2 Å². The number of rotatable bonds is 5. The molecule has 1 saturated heterocycles. The molecule has 2 N–H and O–H groups in total. The number of ketones is 1. The van der Waals surface area contributed by atoms with E-state index in [1.165, 1.54) is 35.5 Å². The van der Waals surface area contributed by atoms with Gasteiger partial charge in [0.25, 0.3) is 11.7 Å².